The van der Waals surface area contributed by atoms with Crippen molar-refractivity contribution in [2.45, 2.75) is 58.8 Å². The van der Waals surface area contributed by atoms with Crippen LogP contribution in [0.15, 0.2) is 6.20 Å². The van der Waals surface area contributed by atoms with Crippen LogP contribution in [0.3, 0.4) is 0 Å². The predicted molar refractivity (Wildman–Crippen MR) is 77.0 cm³/mol. The molecule has 2 aromatic rings. The lowest BCUT2D eigenvalue weighted by Gasteiger charge is -2.06. The number of unbranched alkanes of at least 4 members (excludes halogenated alkanes) is 5. The van der Waals surface area contributed by atoms with Crippen LogP contribution in [0.25, 0.3) is 5.78 Å². The minimum absolute atomic E-state index is 0.585. The molecular weight excluding hydrogens is 238 g/mol. The summed E-state index contributed by atoms with van der Waals surface area (Å²) in [5.74, 6) is 1.97. The lowest BCUT2D eigenvalue weighted by atomic mass is 10.1. The summed E-state index contributed by atoms with van der Waals surface area (Å²) in [4.78, 5) is 8.51. The van der Waals surface area contributed by atoms with Crippen molar-refractivity contribution in [1.29, 1.82) is 0 Å². The Kier molecular flexibility index (Phi) is 4.71. The molecule has 0 amide bonds. The second kappa shape index (κ2) is 6.50. The maximum absolute atomic E-state index is 6.12. The van der Waals surface area contributed by atoms with E-state index in [9.17, 15) is 0 Å². The molecule has 2 heterocycles. The van der Waals surface area contributed by atoms with E-state index in [2.05, 4.69) is 22.0 Å². The van der Waals surface area contributed by atoms with E-state index in [1.807, 2.05) is 13.1 Å². The predicted octanol–water partition coefficient (Wildman–Crippen LogP) is 2.92. The molecule has 19 heavy (non-hydrogen) atoms. The summed E-state index contributed by atoms with van der Waals surface area (Å²) >= 11 is 0. The van der Waals surface area contributed by atoms with E-state index in [-0.39, 0.29) is 0 Å². The molecule has 0 saturated carbocycles. The van der Waals surface area contributed by atoms with Gasteiger partial charge in [-0.15, -0.1) is 5.10 Å². The minimum Gasteiger partial charge on any atom is -0.383 e. The Balaban J connectivity index is 1.92. The number of rotatable bonds is 7. The number of hydrogen-bond donors (Lipinski definition) is 1. The number of nitrogens with zero attached hydrogens (tertiary/aromatic N) is 4. The van der Waals surface area contributed by atoms with Gasteiger partial charge in [-0.3, -0.25) is 0 Å². The second-order valence-electron chi connectivity index (χ2n) is 5.06. The topological polar surface area (TPSA) is 69.1 Å². The molecule has 2 N–H and O–H groups in total. The molecule has 0 fully saturated rings. The lowest BCUT2D eigenvalue weighted by molar-refractivity contribution is 0.607. The molecule has 0 saturated heterocycles. The molecule has 5 nitrogen and oxygen atoms in total. The van der Waals surface area contributed by atoms with Crippen molar-refractivity contribution in [3.63, 3.8) is 0 Å². The van der Waals surface area contributed by atoms with Crippen LogP contribution in [-0.2, 0) is 6.42 Å². The van der Waals surface area contributed by atoms with Crippen LogP contribution in [0.2, 0.25) is 0 Å². The summed E-state index contributed by atoms with van der Waals surface area (Å²) in [5.41, 5.74) is 7.19. The summed E-state index contributed by atoms with van der Waals surface area (Å²) in [7, 11) is 0. The van der Waals surface area contributed by atoms with Crippen LogP contribution in [0.1, 0.15) is 56.8 Å². The zero-order chi connectivity index (χ0) is 13.7. The van der Waals surface area contributed by atoms with Crippen LogP contribution in [-0.4, -0.2) is 19.6 Å². The number of anilines is 1. The van der Waals surface area contributed by atoms with Gasteiger partial charge in [-0.1, -0.05) is 39.0 Å². The SMILES string of the molecule is CCCCCCCCc1cnc2nc(C)nn2c1N. The summed E-state index contributed by atoms with van der Waals surface area (Å²) in [6.07, 6.45) is 10.5. The fourth-order valence-electron chi connectivity index (χ4n) is 2.28. The molecule has 0 aliphatic carbocycles. The number of aromatic nitrogens is 4. The van der Waals surface area contributed by atoms with Gasteiger partial charge in [-0.05, 0) is 19.8 Å². The zero-order valence-corrected chi connectivity index (χ0v) is 11.9. The minimum atomic E-state index is 0.585. The molecule has 0 aliphatic heterocycles. The van der Waals surface area contributed by atoms with Crippen molar-refractivity contribution >= 4 is 11.6 Å². The highest BCUT2D eigenvalue weighted by atomic mass is 15.3. The molecule has 0 radical (unpaired) electrons. The van der Waals surface area contributed by atoms with Crippen LogP contribution in [0.5, 0.6) is 0 Å². The zero-order valence-electron chi connectivity index (χ0n) is 11.9. The first-order chi connectivity index (χ1) is 9.22. The Hall–Kier alpha value is -1.65. The molecule has 0 aliphatic rings. The number of aryl methyl sites for hydroxylation is 2. The normalized spacial score (nSPS) is 11.3. The molecule has 5 heteroatoms. The highest BCUT2D eigenvalue weighted by Crippen LogP contribution is 2.15. The molecule has 0 atom stereocenters. The van der Waals surface area contributed by atoms with E-state index in [0.29, 0.717) is 17.4 Å². The van der Waals surface area contributed by atoms with Gasteiger partial charge < -0.3 is 5.73 Å². The highest BCUT2D eigenvalue weighted by Gasteiger charge is 2.08. The van der Waals surface area contributed by atoms with Crippen molar-refractivity contribution in [3.8, 4) is 0 Å². The molecular formula is C14H23N5. The van der Waals surface area contributed by atoms with E-state index in [1.54, 1.807) is 4.52 Å². The Morgan fingerprint density at radius 1 is 1.16 bits per heavy atom. The Morgan fingerprint density at radius 3 is 2.68 bits per heavy atom. The van der Waals surface area contributed by atoms with Gasteiger partial charge in [0.2, 0.25) is 0 Å². The molecule has 2 rings (SSSR count). The molecule has 0 spiro atoms. The van der Waals surface area contributed by atoms with Crippen molar-refractivity contribution in [1.82, 2.24) is 19.6 Å². The smallest absolute Gasteiger partial charge is 0.254 e. The fraction of sp³-hybridized carbons (Fsp3) is 0.643. The second-order valence-corrected chi connectivity index (χ2v) is 5.06. The van der Waals surface area contributed by atoms with Gasteiger partial charge in [0.25, 0.3) is 5.78 Å². The molecule has 0 bridgehead atoms. The van der Waals surface area contributed by atoms with E-state index in [1.165, 1.54) is 32.1 Å². The fourth-order valence-corrected chi connectivity index (χ4v) is 2.28. The Bertz CT molecular complexity index is 532. The van der Waals surface area contributed by atoms with Crippen molar-refractivity contribution in [2.24, 2.45) is 0 Å². The van der Waals surface area contributed by atoms with Crippen molar-refractivity contribution in [3.05, 3.63) is 17.6 Å². The first kappa shape index (κ1) is 13.8. The Labute approximate surface area is 114 Å². The number of nitrogens with two attached hydrogens (primary N) is 1. The summed E-state index contributed by atoms with van der Waals surface area (Å²) in [6.45, 7) is 4.09. The standard InChI is InChI=1S/C14H23N5/c1-3-4-5-6-7-8-9-12-10-16-14-17-11(2)18-19(14)13(12)15/h10H,3-9,15H2,1-2H3. The first-order valence-electron chi connectivity index (χ1n) is 7.19. The number of hydrogen-bond acceptors (Lipinski definition) is 4. The number of nitrogen functional groups attached to an aromatic ring is 1. The Morgan fingerprint density at radius 2 is 1.89 bits per heavy atom. The molecule has 0 unspecified atom stereocenters. The van der Waals surface area contributed by atoms with E-state index >= 15 is 0 Å². The van der Waals surface area contributed by atoms with Gasteiger partial charge in [0.15, 0.2) is 0 Å². The van der Waals surface area contributed by atoms with Gasteiger partial charge in [0.05, 0.1) is 0 Å². The third-order valence-electron chi connectivity index (χ3n) is 3.39. The summed E-state index contributed by atoms with van der Waals surface area (Å²) in [5, 5.41) is 4.26. The van der Waals surface area contributed by atoms with E-state index < -0.39 is 0 Å². The van der Waals surface area contributed by atoms with E-state index in [4.69, 9.17) is 5.73 Å². The largest absolute Gasteiger partial charge is 0.383 e. The average Bonchev–Trinajstić information content (AvgIpc) is 2.77. The monoisotopic (exact) mass is 261 g/mol. The lowest BCUT2D eigenvalue weighted by Crippen LogP contribution is -2.05. The summed E-state index contributed by atoms with van der Waals surface area (Å²) in [6, 6.07) is 0. The summed E-state index contributed by atoms with van der Waals surface area (Å²) < 4.78 is 1.64. The molecule has 104 valence electrons. The molecule has 2 aromatic heterocycles. The van der Waals surface area contributed by atoms with Crippen molar-refractivity contribution < 1.29 is 0 Å². The van der Waals surface area contributed by atoms with Gasteiger partial charge in [-0.25, -0.2) is 4.98 Å². The number of fused-ring (bicyclic) bond motifs is 1. The highest BCUT2D eigenvalue weighted by molar-refractivity contribution is 5.45. The third-order valence-corrected chi connectivity index (χ3v) is 3.39. The maximum Gasteiger partial charge on any atom is 0.254 e. The van der Waals surface area contributed by atoms with Crippen LogP contribution >= 0.6 is 0 Å². The van der Waals surface area contributed by atoms with Gasteiger partial charge >= 0.3 is 0 Å². The van der Waals surface area contributed by atoms with Crippen LogP contribution in [0.4, 0.5) is 5.82 Å². The quantitative estimate of drug-likeness (QED) is 0.778. The van der Waals surface area contributed by atoms with Gasteiger partial charge in [0.1, 0.15) is 11.6 Å². The first-order valence-corrected chi connectivity index (χ1v) is 7.19. The molecule has 0 aromatic carbocycles. The van der Waals surface area contributed by atoms with Gasteiger partial charge in [0, 0.05) is 11.8 Å². The maximum atomic E-state index is 6.12. The van der Waals surface area contributed by atoms with Gasteiger partial charge in [-0.2, -0.15) is 9.50 Å². The van der Waals surface area contributed by atoms with Crippen LogP contribution < -0.4 is 5.73 Å². The van der Waals surface area contributed by atoms with Crippen LogP contribution in [0, 0.1) is 6.92 Å². The van der Waals surface area contributed by atoms with E-state index in [0.717, 1.165) is 18.4 Å². The van der Waals surface area contributed by atoms with Crippen molar-refractivity contribution in [2.75, 3.05) is 5.73 Å². The third kappa shape index (κ3) is 3.43. The average molecular weight is 261 g/mol.